The zero-order valence-electron chi connectivity index (χ0n) is 13.4. The Morgan fingerprint density at radius 2 is 1.65 bits per heavy atom. The molecule has 2 aromatic rings. The summed E-state index contributed by atoms with van der Waals surface area (Å²) in [5.74, 6) is 0. The van der Waals surface area contributed by atoms with E-state index in [0.29, 0.717) is 6.17 Å². The van der Waals surface area contributed by atoms with Crippen LogP contribution in [0.3, 0.4) is 0 Å². The SMILES string of the molecule is Cl/C=[N+]1\CCCCCC1N(Cc1ccccc1)c1ccccc1. The van der Waals surface area contributed by atoms with E-state index in [4.69, 9.17) is 11.6 Å². The zero-order chi connectivity index (χ0) is 15.9. The number of para-hydroxylation sites is 1. The highest BCUT2D eigenvalue weighted by molar-refractivity contribution is 6.54. The van der Waals surface area contributed by atoms with Gasteiger partial charge in [0.1, 0.15) is 6.54 Å². The standard InChI is InChI=1S/C20H24ClN2/c21-17-22-15-9-3-8-14-20(22)23(19-12-6-2-7-13-19)16-18-10-4-1-5-11-18/h1-2,4-7,10-13,17,20H,3,8-9,14-16H2/q+1/b22-17+. The van der Waals surface area contributed by atoms with Crippen LogP contribution in [0.15, 0.2) is 60.7 Å². The second kappa shape index (κ2) is 8.16. The van der Waals surface area contributed by atoms with Crippen molar-refractivity contribution in [2.75, 3.05) is 11.4 Å². The second-order valence-electron chi connectivity index (χ2n) is 6.11. The summed E-state index contributed by atoms with van der Waals surface area (Å²) in [6.45, 7) is 1.93. The van der Waals surface area contributed by atoms with Crippen molar-refractivity contribution in [2.45, 2.75) is 38.4 Å². The zero-order valence-corrected chi connectivity index (χ0v) is 14.2. The molecule has 1 saturated heterocycles. The molecule has 0 aromatic heterocycles. The molecule has 23 heavy (non-hydrogen) atoms. The molecule has 2 aromatic carbocycles. The molecule has 0 N–H and O–H groups in total. The number of anilines is 1. The number of hydrogen-bond acceptors (Lipinski definition) is 1. The fourth-order valence-electron chi connectivity index (χ4n) is 3.33. The minimum atomic E-state index is 0.317. The van der Waals surface area contributed by atoms with Crippen molar-refractivity contribution in [1.29, 1.82) is 0 Å². The van der Waals surface area contributed by atoms with Crippen LogP contribution in [0, 0.1) is 0 Å². The van der Waals surface area contributed by atoms with Crippen LogP contribution in [-0.4, -0.2) is 23.0 Å². The summed E-state index contributed by atoms with van der Waals surface area (Å²) in [5, 5.41) is 0. The van der Waals surface area contributed by atoms with Gasteiger partial charge in [0.15, 0.2) is 0 Å². The van der Waals surface area contributed by atoms with E-state index in [0.717, 1.165) is 19.5 Å². The molecule has 1 aliphatic rings. The monoisotopic (exact) mass is 327 g/mol. The molecule has 120 valence electrons. The highest BCUT2D eigenvalue weighted by Gasteiger charge is 2.30. The van der Waals surface area contributed by atoms with Crippen molar-refractivity contribution in [3.63, 3.8) is 0 Å². The van der Waals surface area contributed by atoms with Gasteiger partial charge in [-0.15, -0.1) is 0 Å². The lowest BCUT2D eigenvalue weighted by Gasteiger charge is -2.30. The molecule has 0 bridgehead atoms. The van der Waals surface area contributed by atoms with E-state index < -0.39 is 0 Å². The maximum absolute atomic E-state index is 6.16. The average Bonchev–Trinajstić information content (AvgIpc) is 2.86. The number of rotatable bonds is 4. The highest BCUT2D eigenvalue weighted by Crippen LogP contribution is 2.25. The van der Waals surface area contributed by atoms with Gasteiger partial charge in [-0.3, -0.25) is 0 Å². The van der Waals surface area contributed by atoms with Crippen LogP contribution in [0.5, 0.6) is 0 Å². The maximum atomic E-state index is 6.16. The second-order valence-corrected chi connectivity index (χ2v) is 6.31. The molecule has 0 radical (unpaired) electrons. The molecule has 0 saturated carbocycles. The summed E-state index contributed by atoms with van der Waals surface area (Å²) < 4.78 is 2.30. The van der Waals surface area contributed by atoms with E-state index in [1.807, 2.05) is 0 Å². The lowest BCUT2D eigenvalue weighted by molar-refractivity contribution is -0.558. The quantitative estimate of drug-likeness (QED) is 0.726. The third kappa shape index (κ3) is 4.14. The molecule has 1 aliphatic heterocycles. The summed E-state index contributed by atoms with van der Waals surface area (Å²) >= 11 is 6.16. The highest BCUT2D eigenvalue weighted by atomic mass is 35.5. The van der Waals surface area contributed by atoms with E-state index in [1.165, 1.54) is 30.5 Å². The van der Waals surface area contributed by atoms with Crippen molar-refractivity contribution in [3.8, 4) is 0 Å². The van der Waals surface area contributed by atoms with Gasteiger partial charge in [-0.05, 0) is 42.1 Å². The van der Waals surface area contributed by atoms with Gasteiger partial charge in [0.05, 0.1) is 0 Å². The number of hydrogen-bond donors (Lipinski definition) is 0. The molecule has 0 spiro atoms. The minimum Gasteiger partial charge on any atom is -0.310 e. The van der Waals surface area contributed by atoms with E-state index in [-0.39, 0.29) is 0 Å². The van der Waals surface area contributed by atoms with Crippen molar-refractivity contribution < 1.29 is 4.58 Å². The van der Waals surface area contributed by atoms with Crippen LogP contribution < -0.4 is 4.90 Å². The van der Waals surface area contributed by atoms with Gasteiger partial charge in [0.25, 0.3) is 0 Å². The normalized spacial score (nSPS) is 20.2. The third-order valence-corrected chi connectivity index (χ3v) is 4.78. The van der Waals surface area contributed by atoms with Crippen LogP contribution in [0.25, 0.3) is 0 Å². The third-order valence-electron chi connectivity index (χ3n) is 4.53. The molecule has 3 heteroatoms. The van der Waals surface area contributed by atoms with Crippen molar-refractivity contribution in [1.82, 2.24) is 0 Å². The summed E-state index contributed by atoms with van der Waals surface area (Å²) in [7, 11) is 0. The maximum Gasteiger partial charge on any atom is 0.234 e. The fraction of sp³-hybridized carbons (Fsp3) is 0.350. The Kier molecular flexibility index (Phi) is 5.71. The Balaban J connectivity index is 1.93. The smallest absolute Gasteiger partial charge is 0.234 e. The van der Waals surface area contributed by atoms with Crippen molar-refractivity contribution >= 4 is 23.0 Å². The predicted molar refractivity (Wildman–Crippen MR) is 98.4 cm³/mol. The van der Waals surface area contributed by atoms with Crippen LogP contribution in [0.2, 0.25) is 0 Å². The Hall–Kier alpha value is -1.80. The molecule has 0 amide bonds. The van der Waals surface area contributed by atoms with Gasteiger partial charge in [-0.25, -0.2) is 4.58 Å². The van der Waals surface area contributed by atoms with Gasteiger partial charge in [0.2, 0.25) is 11.8 Å². The summed E-state index contributed by atoms with van der Waals surface area (Å²) in [5.41, 5.74) is 4.33. The molecule has 1 fully saturated rings. The van der Waals surface area contributed by atoms with Crippen molar-refractivity contribution in [2.24, 2.45) is 0 Å². The molecular weight excluding hydrogens is 304 g/mol. The predicted octanol–water partition coefficient (Wildman–Crippen LogP) is 4.87. The van der Waals surface area contributed by atoms with Gasteiger partial charge >= 0.3 is 0 Å². The number of nitrogens with zero attached hydrogens (tertiary/aromatic N) is 2. The molecule has 1 unspecified atom stereocenters. The van der Waals surface area contributed by atoms with Gasteiger partial charge in [-0.1, -0.05) is 48.5 Å². The van der Waals surface area contributed by atoms with Gasteiger partial charge < -0.3 is 4.90 Å². The minimum absolute atomic E-state index is 0.317. The number of halogens is 1. The molecule has 1 atom stereocenters. The summed E-state index contributed by atoms with van der Waals surface area (Å²) in [4.78, 5) is 2.49. The average molecular weight is 328 g/mol. The summed E-state index contributed by atoms with van der Waals surface area (Å²) in [6, 6.07) is 21.4. The first-order valence-electron chi connectivity index (χ1n) is 8.43. The van der Waals surface area contributed by atoms with E-state index >= 15 is 0 Å². The topological polar surface area (TPSA) is 6.25 Å². The van der Waals surface area contributed by atoms with Crippen molar-refractivity contribution in [3.05, 3.63) is 66.2 Å². The first-order valence-corrected chi connectivity index (χ1v) is 8.87. The van der Waals surface area contributed by atoms with E-state index in [9.17, 15) is 0 Å². The van der Waals surface area contributed by atoms with Crippen LogP contribution in [-0.2, 0) is 6.54 Å². The lowest BCUT2D eigenvalue weighted by Crippen LogP contribution is -2.43. The fourth-order valence-corrected chi connectivity index (χ4v) is 3.56. The first-order chi connectivity index (χ1) is 11.4. The molecule has 2 nitrogen and oxygen atoms in total. The van der Waals surface area contributed by atoms with Crippen LogP contribution in [0.1, 0.15) is 31.2 Å². The Morgan fingerprint density at radius 3 is 2.35 bits per heavy atom. The Bertz CT molecular complexity index is 625. The largest absolute Gasteiger partial charge is 0.310 e. The van der Waals surface area contributed by atoms with Crippen LogP contribution >= 0.6 is 11.6 Å². The van der Waals surface area contributed by atoms with Gasteiger partial charge in [-0.2, -0.15) is 0 Å². The lowest BCUT2D eigenvalue weighted by atomic mass is 10.1. The summed E-state index contributed by atoms with van der Waals surface area (Å²) in [6.07, 6.45) is 5.21. The Morgan fingerprint density at radius 1 is 0.957 bits per heavy atom. The van der Waals surface area contributed by atoms with E-state index in [2.05, 4.69) is 70.1 Å². The number of benzene rings is 2. The first kappa shape index (κ1) is 16.1. The molecule has 0 aliphatic carbocycles. The van der Waals surface area contributed by atoms with Crippen LogP contribution in [0.4, 0.5) is 5.69 Å². The molecular formula is C20H24ClN2+. The molecule has 3 rings (SSSR count). The Labute approximate surface area is 144 Å². The van der Waals surface area contributed by atoms with E-state index in [1.54, 1.807) is 5.67 Å². The van der Waals surface area contributed by atoms with Gasteiger partial charge in [0, 0.05) is 25.1 Å². The molecule has 1 heterocycles.